The third kappa shape index (κ3) is 5.18. The Morgan fingerprint density at radius 1 is 0.880 bits per heavy atom. The maximum atomic E-state index is 6.03. The lowest BCUT2D eigenvalue weighted by molar-refractivity contribution is 0.354. The fourth-order valence-electron chi connectivity index (χ4n) is 2.51. The zero-order chi connectivity index (χ0) is 18.2. The Morgan fingerprint density at radius 3 is 2.28 bits per heavy atom. The highest BCUT2D eigenvalue weighted by atomic mass is 35.5. The standard InChI is InChI=1S/C19H25ClN2O3/c1-13(14-5-8-17(23-2)19(11-14)25-4)21-9-10-22-15-6-7-16(20)18(12-15)24-3/h5-8,11-13,21-22H,9-10H2,1-4H3. The summed E-state index contributed by atoms with van der Waals surface area (Å²) in [5.74, 6) is 2.13. The zero-order valence-electron chi connectivity index (χ0n) is 15.1. The molecule has 0 fully saturated rings. The number of hydrogen-bond acceptors (Lipinski definition) is 5. The molecule has 0 aliphatic heterocycles. The Labute approximate surface area is 154 Å². The molecule has 2 aromatic carbocycles. The first-order chi connectivity index (χ1) is 12.1. The first-order valence-electron chi connectivity index (χ1n) is 8.11. The van der Waals surface area contributed by atoms with Gasteiger partial charge in [0.15, 0.2) is 11.5 Å². The number of benzene rings is 2. The molecule has 1 atom stereocenters. The van der Waals surface area contributed by atoms with Crippen molar-refractivity contribution in [3.63, 3.8) is 0 Å². The van der Waals surface area contributed by atoms with Gasteiger partial charge < -0.3 is 24.8 Å². The van der Waals surface area contributed by atoms with E-state index in [9.17, 15) is 0 Å². The van der Waals surface area contributed by atoms with Gasteiger partial charge in [-0.1, -0.05) is 17.7 Å². The normalized spacial score (nSPS) is 11.7. The minimum absolute atomic E-state index is 0.196. The van der Waals surface area contributed by atoms with Gasteiger partial charge in [0.2, 0.25) is 0 Å². The molecular weight excluding hydrogens is 340 g/mol. The molecule has 0 spiro atoms. The molecule has 2 aromatic rings. The predicted molar refractivity (Wildman–Crippen MR) is 102 cm³/mol. The van der Waals surface area contributed by atoms with Gasteiger partial charge in [-0.15, -0.1) is 0 Å². The molecule has 6 heteroatoms. The summed E-state index contributed by atoms with van der Waals surface area (Å²) in [6, 6.07) is 11.8. The molecule has 136 valence electrons. The third-order valence-corrected chi connectivity index (χ3v) is 4.28. The summed E-state index contributed by atoms with van der Waals surface area (Å²) in [6.45, 7) is 3.70. The van der Waals surface area contributed by atoms with Crippen LogP contribution >= 0.6 is 11.6 Å². The van der Waals surface area contributed by atoms with Gasteiger partial charge in [-0.3, -0.25) is 0 Å². The lowest BCUT2D eigenvalue weighted by atomic mass is 10.1. The minimum atomic E-state index is 0.196. The largest absolute Gasteiger partial charge is 0.495 e. The summed E-state index contributed by atoms with van der Waals surface area (Å²) in [4.78, 5) is 0. The highest BCUT2D eigenvalue weighted by molar-refractivity contribution is 6.32. The summed E-state index contributed by atoms with van der Waals surface area (Å²) < 4.78 is 15.8. The molecule has 0 radical (unpaired) electrons. The molecule has 0 saturated heterocycles. The van der Waals surface area contributed by atoms with Crippen molar-refractivity contribution >= 4 is 17.3 Å². The van der Waals surface area contributed by atoms with E-state index in [0.717, 1.165) is 35.8 Å². The Morgan fingerprint density at radius 2 is 1.60 bits per heavy atom. The molecule has 5 nitrogen and oxygen atoms in total. The molecule has 0 aliphatic carbocycles. The van der Waals surface area contributed by atoms with E-state index in [1.165, 1.54) is 0 Å². The van der Waals surface area contributed by atoms with Crippen LogP contribution in [0.4, 0.5) is 5.69 Å². The molecular formula is C19H25ClN2O3. The lowest BCUT2D eigenvalue weighted by Gasteiger charge is -2.17. The van der Waals surface area contributed by atoms with Crippen molar-refractivity contribution in [2.45, 2.75) is 13.0 Å². The van der Waals surface area contributed by atoms with Crippen molar-refractivity contribution in [2.75, 3.05) is 39.7 Å². The fraction of sp³-hybridized carbons (Fsp3) is 0.368. The van der Waals surface area contributed by atoms with E-state index in [-0.39, 0.29) is 6.04 Å². The molecule has 1 unspecified atom stereocenters. The van der Waals surface area contributed by atoms with Crippen LogP contribution in [0, 0.1) is 0 Å². The van der Waals surface area contributed by atoms with E-state index in [0.29, 0.717) is 10.8 Å². The number of ether oxygens (including phenoxy) is 3. The van der Waals surface area contributed by atoms with Crippen LogP contribution < -0.4 is 24.8 Å². The van der Waals surface area contributed by atoms with Crippen LogP contribution in [0.15, 0.2) is 36.4 Å². The van der Waals surface area contributed by atoms with Gasteiger partial charge in [-0.2, -0.15) is 0 Å². The van der Waals surface area contributed by atoms with Gasteiger partial charge in [0.25, 0.3) is 0 Å². The number of hydrogen-bond donors (Lipinski definition) is 2. The van der Waals surface area contributed by atoms with E-state index in [1.54, 1.807) is 21.3 Å². The van der Waals surface area contributed by atoms with E-state index in [2.05, 4.69) is 17.6 Å². The van der Waals surface area contributed by atoms with E-state index in [1.807, 2.05) is 36.4 Å². The summed E-state index contributed by atoms with van der Waals surface area (Å²) in [5.41, 5.74) is 2.12. The highest BCUT2D eigenvalue weighted by Gasteiger charge is 2.09. The molecule has 0 aromatic heterocycles. The molecule has 0 saturated carbocycles. The molecule has 2 rings (SSSR count). The number of rotatable bonds is 9. The number of nitrogens with one attached hydrogen (secondary N) is 2. The van der Waals surface area contributed by atoms with Crippen LogP contribution in [0.3, 0.4) is 0 Å². The summed E-state index contributed by atoms with van der Waals surface area (Å²) in [5, 5.41) is 7.43. The molecule has 0 aliphatic rings. The van der Waals surface area contributed by atoms with E-state index in [4.69, 9.17) is 25.8 Å². The minimum Gasteiger partial charge on any atom is -0.495 e. The van der Waals surface area contributed by atoms with Crippen LogP contribution in [0.25, 0.3) is 0 Å². The van der Waals surface area contributed by atoms with Crippen LogP contribution in [0.2, 0.25) is 5.02 Å². The van der Waals surface area contributed by atoms with Gasteiger partial charge in [0.05, 0.1) is 26.4 Å². The quantitative estimate of drug-likeness (QED) is 0.655. The number of halogens is 1. The third-order valence-electron chi connectivity index (χ3n) is 3.96. The van der Waals surface area contributed by atoms with Gasteiger partial charge in [-0.25, -0.2) is 0 Å². The second kappa shape index (κ2) is 9.39. The van der Waals surface area contributed by atoms with Crippen molar-refractivity contribution in [3.8, 4) is 17.2 Å². The average molecular weight is 365 g/mol. The molecule has 0 bridgehead atoms. The maximum absolute atomic E-state index is 6.03. The Kier molecular flexibility index (Phi) is 7.22. The second-order valence-corrected chi connectivity index (χ2v) is 5.97. The first kappa shape index (κ1) is 19.2. The highest BCUT2D eigenvalue weighted by Crippen LogP contribution is 2.30. The first-order valence-corrected chi connectivity index (χ1v) is 8.49. The van der Waals surface area contributed by atoms with Crippen molar-refractivity contribution in [3.05, 3.63) is 47.0 Å². The summed E-state index contributed by atoms with van der Waals surface area (Å²) in [6.07, 6.45) is 0. The van der Waals surface area contributed by atoms with Crippen molar-refractivity contribution in [1.29, 1.82) is 0 Å². The molecule has 0 amide bonds. The van der Waals surface area contributed by atoms with Crippen LogP contribution in [0.1, 0.15) is 18.5 Å². The molecule has 2 N–H and O–H groups in total. The van der Waals surface area contributed by atoms with Gasteiger partial charge >= 0.3 is 0 Å². The topological polar surface area (TPSA) is 51.8 Å². The fourth-order valence-corrected chi connectivity index (χ4v) is 2.70. The average Bonchev–Trinajstić information content (AvgIpc) is 2.65. The van der Waals surface area contributed by atoms with Crippen molar-refractivity contribution in [1.82, 2.24) is 5.32 Å². The smallest absolute Gasteiger partial charge is 0.161 e. The maximum Gasteiger partial charge on any atom is 0.161 e. The van der Waals surface area contributed by atoms with Crippen molar-refractivity contribution < 1.29 is 14.2 Å². The Hall–Kier alpha value is -2.11. The lowest BCUT2D eigenvalue weighted by Crippen LogP contribution is -2.25. The monoisotopic (exact) mass is 364 g/mol. The molecule has 25 heavy (non-hydrogen) atoms. The van der Waals surface area contributed by atoms with Gasteiger partial charge in [0, 0.05) is 30.9 Å². The zero-order valence-corrected chi connectivity index (χ0v) is 15.8. The summed E-state index contributed by atoms with van der Waals surface area (Å²) in [7, 11) is 4.89. The van der Waals surface area contributed by atoms with Gasteiger partial charge in [-0.05, 0) is 36.8 Å². The van der Waals surface area contributed by atoms with Gasteiger partial charge in [0.1, 0.15) is 5.75 Å². The van der Waals surface area contributed by atoms with Crippen LogP contribution in [-0.4, -0.2) is 34.4 Å². The molecule has 0 heterocycles. The van der Waals surface area contributed by atoms with E-state index < -0.39 is 0 Å². The Bertz CT molecular complexity index is 694. The predicted octanol–water partition coefficient (Wildman–Crippen LogP) is 4.13. The van der Waals surface area contributed by atoms with E-state index >= 15 is 0 Å². The Balaban J connectivity index is 1.85. The van der Waals surface area contributed by atoms with Crippen LogP contribution in [-0.2, 0) is 0 Å². The number of methoxy groups -OCH3 is 3. The second-order valence-electron chi connectivity index (χ2n) is 5.57. The van der Waals surface area contributed by atoms with Crippen LogP contribution in [0.5, 0.6) is 17.2 Å². The summed E-state index contributed by atoms with van der Waals surface area (Å²) >= 11 is 6.03. The SMILES string of the molecule is COc1cc(NCCNC(C)c2ccc(OC)c(OC)c2)ccc1Cl. The number of anilines is 1. The van der Waals surface area contributed by atoms with Crippen molar-refractivity contribution in [2.24, 2.45) is 0 Å².